The molecule has 0 aromatic carbocycles. The quantitative estimate of drug-likeness (QED) is 0.793. The predicted molar refractivity (Wildman–Crippen MR) is 106 cm³/mol. The summed E-state index contributed by atoms with van der Waals surface area (Å²) >= 11 is 1.46. The van der Waals surface area contributed by atoms with Crippen LogP contribution < -0.4 is 5.32 Å². The molecule has 0 spiro atoms. The van der Waals surface area contributed by atoms with Crippen molar-refractivity contribution in [2.75, 3.05) is 25.5 Å². The van der Waals surface area contributed by atoms with Crippen LogP contribution in [-0.2, 0) is 17.7 Å². The molecule has 7 nitrogen and oxygen atoms in total. The van der Waals surface area contributed by atoms with Crippen molar-refractivity contribution >= 4 is 28.2 Å². The molecule has 8 heteroatoms. The van der Waals surface area contributed by atoms with Gasteiger partial charge >= 0.3 is 5.97 Å². The molecule has 0 saturated carbocycles. The topological polar surface area (TPSA) is 76.5 Å². The minimum absolute atomic E-state index is 0.0641. The molecule has 0 atom stereocenters. The van der Waals surface area contributed by atoms with Gasteiger partial charge in [-0.05, 0) is 45.4 Å². The fraction of sp³-hybridized carbons (Fsp3) is 0.526. The minimum atomic E-state index is -0.402. The molecule has 0 aliphatic carbocycles. The number of anilines is 1. The highest BCUT2D eigenvalue weighted by molar-refractivity contribution is 7.17. The fourth-order valence-corrected chi connectivity index (χ4v) is 4.65. The van der Waals surface area contributed by atoms with E-state index in [1.54, 1.807) is 10.7 Å². The van der Waals surface area contributed by atoms with Crippen LogP contribution in [0.3, 0.4) is 0 Å². The van der Waals surface area contributed by atoms with E-state index in [0.717, 1.165) is 42.2 Å². The lowest BCUT2D eigenvalue weighted by Gasteiger charge is -2.25. The number of likely N-dealkylation sites (N-methyl/N-ethyl adjacent to an activating group) is 1. The van der Waals surface area contributed by atoms with E-state index in [1.807, 2.05) is 20.8 Å². The summed E-state index contributed by atoms with van der Waals surface area (Å²) in [6.07, 6.45) is 0.781. The molecule has 1 amide bonds. The number of rotatable bonds is 5. The average Bonchev–Trinajstić information content (AvgIpc) is 3.20. The van der Waals surface area contributed by atoms with Crippen molar-refractivity contribution in [1.82, 2.24) is 14.7 Å². The summed E-state index contributed by atoms with van der Waals surface area (Å²) in [7, 11) is 1.37. The number of nitrogens with zero attached hydrogens (tertiary/aromatic N) is 3. The third kappa shape index (κ3) is 3.77. The summed E-state index contributed by atoms with van der Waals surface area (Å²) in [5.41, 5.74) is 2.76. The van der Waals surface area contributed by atoms with Gasteiger partial charge in [0.15, 0.2) is 0 Å². The molecule has 3 heterocycles. The second kappa shape index (κ2) is 7.82. The summed E-state index contributed by atoms with van der Waals surface area (Å²) < 4.78 is 6.70. The van der Waals surface area contributed by atoms with Crippen molar-refractivity contribution in [2.24, 2.45) is 0 Å². The minimum Gasteiger partial charge on any atom is -0.465 e. The first-order chi connectivity index (χ1) is 12.8. The number of methoxy groups -OCH3 is 1. The molecule has 1 N–H and O–H groups in total. The standard InChI is InChI=1S/C19H26N4O3S/c1-6-22-8-7-13-15(10-22)27-18(16(13)19(25)26-5)20-17(24)14-9-12(4)21-23(14)11(2)3/h9,11H,6-8,10H2,1-5H3,(H,20,24). The lowest BCUT2D eigenvalue weighted by molar-refractivity contribution is 0.0600. The number of ether oxygens (including phenoxy) is 1. The van der Waals surface area contributed by atoms with Gasteiger partial charge in [0.05, 0.1) is 18.4 Å². The molecule has 146 valence electrons. The normalized spacial score (nSPS) is 14.3. The Balaban J connectivity index is 1.96. The summed E-state index contributed by atoms with van der Waals surface area (Å²) in [4.78, 5) is 28.8. The lowest BCUT2D eigenvalue weighted by atomic mass is 10.0. The van der Waals surface area contributed by atoms with Crippen LogP contribution >= 0.6 is 11.3 Å². The van der Waals surface area contributed by atoms with E-state index in [2.05, 4.69) is 22.2 Å². The Morgan fingerprint density at radius 1 is 1.41 bits per heavy atom. The Labute approximate surface area is 163 Å². The molecular weight excluding hydrogens is 364 g/mol. The Kier molecular flexibility index (Phi) is 5.67. The van der Waals surface area contributed by atoms with Crippen molar-refractivity contribution in [3.05, 3.63) is 33.5 Å². The summed E-state index contributed by atoms with van der Waals surface area (Å²) in [6.45, 7) is 10.6. The molecule has 0 unspecified atom stereocenters. The molecule has 2 aromatic rings. The van der Waals surface area contributed by atoms with Gasteiger partial charge in [-0.3, -0.25) is 14.4 Å². The number of hydrogen-bond donors (Lipinski definition) is 1. The predicted octanol–water partition coefficient (Wildman–Crippen LogP) is 3.25. The Hall–Kier alpha value is -2.19. The number of thiophene rings is 1. The van der Waals surface area contributed by atoms with Crippen LogP contribution in [-0.4, -0.2) is 46.8 Å². The molecule has 2 aromatic heterocycles. The van der Waals surface area contributed by atoms with Gasteiger partial charge in [-0.2, -0.15) is 5.10 Å². The van der Waals surface area contributed by atoms with Gasteiger partial charge in [0.25, 0.3) is 5.91 Å². The van der Waals surface area contributed by atoms with Gasteiger partial charge < -0.3 is 10.1 Å². The molecule has 0 saturated heterocycles. The summed E-state index contributed by atoms with van der Waals surface area (Å²) in [6, 6.07) is 1.83. The van der Waals surface area contributed by atoms with E-state index in [0.29, 0.717) is 16.3 Å². The van der Waals surface area contributed by atoms with Crippen molar-refractivity contribution in [2.45, 2.75) is 46.7 Å². The van der Waals surface area contributed by atoms with E-state index in [-0.39, 0.29) is 11.9 Å². The zero-order valence-corrected chi connectivity index (χ0v) is 17.3. The third-order valence-electron chi connectivity index (χ3n) is 4.78. The monoisotopic (exact) mass is 390 g/mol. The van der Waals surface area contributed by atoms with Gasteiger partial charge in [-0.15, -0.1) is 11.3 Å². The third-order valence-corrected chi connectivity index (χ3v) is 5.91. The molecule has 1 aliphatic rings. The van der Waals surface area contributed by atoms with Crippen LogP contribution in [0.2, 0.25) is 0 Å². The van der Waals surface area contributed by atoms with Gasteiger partial charge in [0.2, 0.25) is 0 Å². The molecule has 0 bridgehead atoms. The van der Waals surface area contributed by atoms with Gasteiger partial charge in [0.1, 0.15) is 10.7 Å². The number of nitrogens with one attached hydrogen (secondary N) is 1. The summed E-state index contributed by atoms with van der Waals surface area (Å²) in [5.74, 6) is -0.665. The number of esters is 1. The highest BCUT2D eigenvalue weighted by Crippen LogP contribution is 2.37. The van der Waals surface area contributed by atoms with Crippen LogP contribution in [0.5, 0.6) is 0 Å². The van der Waals surface area contributed by atoms with E-state index in [1.165, 1.54) is 18.4 Å². The van der Waals surface area contributed by atoms with E-state index in [9.17, 15) is 9.59 Å². The Morgan fingerprint density at radius 2 is 2.15 bits per heavy atom. The Bertz CT molecular complexity index is 869. The van der Waals surface area contributed by atoms with Crippen molar-refractivity contribution in [1.29, 1.82) is 0 Å². The smallest absolute Gasteiger partial charge is 0.341 e. The van der Waals surface area contributed by atoms with Gasteiger partial charge in [0, 0.05) is 24.0 Å². The maximum atomic E-state index is 12.9. The van der Waals surface area contributed by atoms with Gasteiger partial charge in [-0.1, -0.05) is 6.92 Å². The maximum Gasteiger partial charge on any atom is 0.341 e. The second-order valence-corrected chi connectivity index (χ2v) is 8.09. The van der Waals surface area contributed by atoms with E-state index in [4.69, 9.17) is 4.74 Å². The number of hydrogen-bond acceptors (Lipinski definition) is 6. The lowest BCUT2D eigenvalue weighted by Crippen LogP contribution is -2.30. The highest BCUT2D eigenvalue weighted by atomic mass is 32.1. The summed E-state index contributed by atoms with van der Waals surface area (Å²) in [5, 5.41) is 7.89. The van der Waals surface area contributed by atoms with E-state index >= 15 is 0 Å². The van der Waals surface area contributed by atoms with Gasteiger partial charge in [-0.25, -0.2) is 4.79 Å². The average molecular weight is 391 g/mol. The second-order valence-electron chi connectivity index (χ2n) is 6.98. The fourth-order valence-electron chi connectivity index (χ4n) is 3.38. The molecular formula is C19H26N4O3S. The Morgan fingerprint density at radius 3 is 2.78 bits per heavy atom. The van der Waals surface area contributed by atoms with Crippen molar-refractivity contribution < 1.29 is 14.3 Å². The van der Waals surface area contributed by atoms with Crippen molar-refractivity contribution in [3.63, 3.8) is 0 Å². The highest BCUT2D eigenvalue weighted by Gasteiger charge is 2.29. The SMILES string of the molecule is CCN1CCc2c(sc(NC(=O)c3cc(C)nn3C(C)C)c2C(=O)OC)C1. The number of aromatic nitrogens is 2. The number of fused-ring (bicyclic) bond motifs is 1. The van der Waals surface area contributed by atoms with E-state index < -0.39 is 5.97 Å². The molecule has 0 fully saturated rings. The van der Waals surface area contributed by atoms with Crippen LogP contribution in [0.4, 0.5) is 5.00 Å². The number of amides is 1. The first-order valence-electron chi connectivity index (χ1n) is 9.18. The number of aryl methyl sites for hydroxylation is 1. The first-order valence-corrected chi connectivity index (χ1v) is 10.00. The first kappa shape index (κ1) is 19.6. The van der Waals surface area contributed by atoms with Crippen molar-refractivity contribution in [3.8, 4) is 0 Å². The molecule has 27 heavy (non-hydrogen) atoms. The molecule has 1 aliphatic heterocycles. The molecule has 3 rings (SSSR count). The zero-order chi connectivity index (χ0) is 19.7. The largest absolute Gasteiger partial charge is 0.465 e. The van der Waals surface area contributed by atoms with Crippen LogP contribution in [0.15, 0.2) is 6.07 Å². The number of carbonyl (C=O) groups is 2. The van der Waals surface area contributed by atoms with Crippen LogP contribution in [0.25, 0.3) is 0 Å². The zero-order valence-electron chi connectivity index (χ0n) is 16.5. The van der Waals surface area contributed by atoms with Crippen LogP contribution in [0.1, 0.15) is 63.8 Å². The number of carbonyl (C=O) groups excluding carboxylic acids is 2. The maximum absolute atomic E-state index is 12.9. The van der Waals surface area contributed by atoms with Crippen LogP contribution in [0, 0.1) is 6.92 Å². The molecule has 0 radical (unpaired) electrons.